The van der Waals surface area contributed by atoms with Crippen LogP contribution in [-0.4, -0.2) is 24.9 Å². The zero-order chi connectivity index (χ0) is 14.7. The van der Waals surface area contributed by atoms with Crippen molar-refractivity contribution in [2.75, 3.05) is 11.1 Å². The molecule has 0 aliphatic rings. The zero-order valence-electron chi connectivity index (χ0n) is 11.1. The largest absolute Gasteiger partial charge is 0.392 e. The highest BCUT2D eigenvalue weighted by Crippen LogP contribution is 2.17. The summed E-state index contributed by atoms with van der Waals surface area (Å²) in [5.41, 5.74) is 7.50. The average Bonchev–Trinajstić information content (AvgIpc) is 2.89. The van der Waals surface area contributed by atoms with E-state index < -0.39 is 0 Å². The smallest absolute Gasteiger partial charge is 0.248 e. The van der Waals surface area contributed by atoms with Crippen LogP contribution < -0.4 is 11.1 Å². The zero-order valence-corrected chi connectivity index (χ0v) is 11.1. The summed E-state index contributed by atoms with van der Waals surface area (Å²) in [6.07, 6.45) is 1.66. The van der Waals surface area contributed by atoms with Crippen molar-refractivity contribution in [1.29, 1.82) is 0 Å². The summed E-state index contributed by atoms with van der Waals surface area (Å²) in [7, 11) is 0. The number of nitrogen functional groups attached to an aromatic ring is 1. The number of pyridine rings is 1. The molecular weight excluding hydrogens is 268 g/mol. The molecule has 7 heteroatoms. The quantitative estimate of drug-likeness (QED) is 0.670. The van der Waals surface area contributed by atoms with Gasteiger partial charge in [0, 0.05) is 11.9 Å². The van der Waals surface area contributed by atoms with Crippen LogP contribution in [0.3, 0.4) is 0 Å². The molecule has 0 unspecified atom stereocenters. The Kier molecular flexibility index (Phi) is 3.48. The Bertz CT molecular complexity index is 723. The van der Waals surface area contributed by atoms with Crippen LogP contribution >= 0.6 is 0 Å². The molecule has 3 rings (SSSR count). The van der Waals surface area contributed by atoms with Crippen LogP contribution in [0.1, 0.15) is 5.56 Å². The van der Waals surface area contributed by atoms with Crippen molar-refractivity contribution < 1.29 is 5.11 Å². The Hall–Kier alpha value is -2.93. The Balaban J connectivity index is 1.83. The molecule has 1 aromatic carbocycles. The highest BCUT2D eigenvalue weighted by Gasteiger charge is 2.09. The number of hydrogen-bond donors (Lipinski definition) is 3. The fraction of sp³-hybridized carbons (Fsp3) is 0.0714. The topological polar surface area (TPSA) is 102 Å². The third kappa shape index (κ3) is 2.82. The number of hydrogen-bond acceptors (Lipinski definition) is 6. The molecule has 0 spiro atoms. The summed E-state index contributed by atoms with van der Waals surface area (Å²) >= 11 is 0. The number of nitrogens with zero attached hydrogens (tertiary/aromatic N) is 4. The van der Waals surface area contributed by atoms with Gasteiger partial charge in [-0.3, -0.25) is 0 Å². The van der Waals surface area contributed by atoms with Gasteiger partial charge in [0.25, 0.3) is 0 Å². The Morgan fingerprint density at radius 1 is 1.14 bits per heavy atom. The lowest BCUT2D eigenvalue weighted by Crippen LogP contribution is -2.04. The van der Waals surface area contributed by atoms with Gasteiger partial charge >= 0.3 is 0 Å². The van der Waals surface area contributed by atoms with Crippen molar-refractivity contribution in [2.24, 2.45) is 0 Å². The minimum atomic E-state index is 0.0137. The molecule has 0 radical (unpaired) electrons. The van der Waals surface area contributed by atoms with Crippen LogP contribution in [0.4, 0.5) is 17.6 Å². The molecule has 0 amide bonds. The first-order valence-corrected chi connectivity index (χ1v) is 6.37. The standard InChI is InChI=1S/C14H14N6O/c15-13-18-14(17-11-6-4-10(9-21)5-7-11)19-20(13)12-3-1-2-8-16-12/h1-8,21H,9H2,(H3,15,17,18,19). The number of benzene rings is 1. The van der Waals surface area contributed by atoms with Gasteiger partial charge in [0.2, 0.25) is 11.9 Å². The first kappa shape index (κ1) is 13.1. The summed E-state index contributed by atoms with van der Waals surface area (Å²) in [6, 6.07) is 12.8. The van der Waals surface area contributed by atoms with E-state index in [1.54, 1.807) is 12.3 Å². The Labute approximate surface area is 121 Å². The van der Waals surface area contributed by atoms with Crippen LogP contribution in [0.2, 0.25) is 0 Å². The molecule has 0 aliphatic carbocycles. The van der Waals surface area contributed by atoms with Crippen molar-refractivity contribution in [3.8, 4) is 5.82 Å². The summed E-state index contributed by atoms with van der Waals surface area (Å²) in [4.78, 5) is 8.33. The third-order valence-corrected chi connectivity index (χ3v) is 2.89. The van der Waals surface area contributed by atoms with E-state index in [1.807, 2.05) is 36.4 Å². The van der Waals surface area contributed by atoms with E-state index in [9.17, 15) is 0 Å². The molecule has 106 valence electrons. The second kappa shape index (κ2) is 5.59. The normalized spacial score (nSPS) is 10.5. The summed E-state index contributed by atoms with van der Waals surface area (Å²) < 4.78 is 1.46. The van der Waals surface area contributed by atoms with E-state index in [4.69, 9.17) is 10.8 Å². The number of aliphatic hydroxyl groups is 1. The van der Waals surface area contributed by atoms with Gasteiger partial charge in [-0.1, -0.05) is 18.2 Å². The molecule has 7 nitrogen and oxygen atoms in total. The molecule has 2 heterocycles. The van der Waals surface area contributed by atoms with Crippen molar-refractivity contribution in [3.63, 3.8) is 0 Å². The van der Waals surface area contributed by atoms with E-state index in [2.05, 4.69) is 20.4 Å². The van der Waals surface area contributed by atoms with Crippen molar-refractivity contribution >= 4 is 17.6 Å². The van der Waals surface area contributed by atoms with Crippen molar-refractivity contribution in [2.45, 2.75) is 6.61 Å². The molecule has 0 saturated heterocycles. The molecule has 0 saturated carbocycles. The lowest BCUT2D eigenvalue weighted by molar-refractivity contribution is 0.282. The fourth-order valence-corrected chi connectivity index (χ4v) is 1.85. The summed E-state index contributed by atoms with van der Waals surface area (Å²) in [5, 5.41) is 16.3. The van der Waals surface area contributed by atoms with Gasteiger partial charge in [-0.15, -0.1) is 5.10 Å². The van der Waals surface area contributed by atoms with Crippen LogP contribution in [0.15, 0.2) is 48.7 Å². The maximum Gasteiger partial charge on any atom is 0.248 e. The van der Waals surface area contributed by atoms with Crippen LogP contribution in [0, 0.1) is 0 Å². The van der Waals surface area contributed by atoms with Crippen LogP contribution in [0.5, 0.6) is 0 Å². The van der Waals surface area contributed by atoms with Gasteiger partial charge in [0.15, 0.2) is 5.82 Å². The fourth-order valence-electron chi connectivity index (χ4n) is 1.85. The highest BCUT2D eigenvalue weighted by molar-refractivity contribution is 5.55. The third-order valence-electron chi connectivity index (χ3n) is 2.89. The molecule has 21 heavy (non-hydrogen) atoms. The summed E-state index contributed by atoms with van der Waals surface area (Å²) in [6.45, 7) is 0.0137. The predicted molar refractivity (Wildman–Crippen MR) is 79.2 cm³/mol. The van der Waals surface area contributed by atoms with Gasteiger partial charge < -0.3 is 16.2 Å². The van der Waals surface area contributed by atoms with Gasteiger partial charge in [0.1, 0.15) is 0 Å². The van der Waals surface area contributed by atoms with E-state index in [1.165, 1.54) is 4.68 Å². The maximum atomic E-state index is 9.01. The molecule has 2 aromatic heterocycles. The van der Waals surface area contributed by atoms with E-state index >= 15 is 0 Å². The minimum absolute atomic E-state index is 0.0137. The highest BCUT2D eigenvalue weighted by atomic mass is 16.3. The maximum absolute atomic E-state index is 9.01. The number of aliphatic hydroxyl groups excluding tert-OH is 1. The second-order valence-electron chi connectivity index (χ2n) is 4.37. The molecule has 0 fully saturated rings. The van der Waals surface area contributed by atoms with E-state index in [0.717, 1.165) is 11.3 Å². The number of anilines is 3. The van der Waals surface area contributed by atoms with E-state index in [-0.39, 0.29) is 12.6 Å². The van der Waals surface area contributed by atoms with Gasteiger partial charge in [-0.25, -0.2) is 4.98 Å². The van der Waals surface area contributed by atoms with Gasteiger partial charge in [0.05, 0.1) is 6.61 Å². The minimum Gasteiger partial charge on any atom is -0.392 e. The number of nitrogens with two attached hydrogens (primary N) is 1. The van der Waals surface area contributed by atoms with Gasteiger partial charge in [-0.2, -0.15) is 9.67 Å². The monoisotopic (exact) mass is 282 g/mol. The predicted octanol–water partition coefficient (Wildman–Crippen LogP) is 1.48. The second-order valence-corrected chi connectivity index (χ2v) is 4.37. The molecule has 0 atom stereocenters. The number of rotatable bonds is 4. The molecule has 4 N–H and O–H groups in total. The first-order valence-electron chi connectivity index (χ1n) is 6.37. The first-order chi connectivity index (χ1) is 10.3. The Morgan fingerprint density at radius 3 is 2.62 bits per heavy atom. The van der Waals surface area contributed by atoms with Crippen molar-refractivity contribution in [1.82, 2.24) is 19.7 Å². The molecule has 3 aromatic rings. The SMILES string of the molecule is Nc1nc(Nc2ccc(CO)cc2)nn1-c1ccccn1. The Morgan fingerprint density at radius 2 is 1.95 bits per heavy atom. The van der Waals surface area contributed by atoms with Crippen LogP contribution in [0.25, 0.3) is 5.82 Å². The molecular formula is C14H14N6O. The molecule has 0 bridgehead atoms. The van der Waals surface area contributed by atoms with Gasteiger partial charge in [-0.05, 0) is 29.8 Å². The molecule has 0 aliphatic heterocycles. The summed E-state index contributed by atoms with van der Waals surface area (Å²) in [5.74, 6) is 1.24. The number of nitrogens with one attached hydrogen (secondary N) is 1. The lowest BCUT2D eigenvalue weighted by atomic mass is 10.2. The van der Waals surface area contributed by atoms with Crippen molar-refractivity contribution in [3.05, 3.63) is 54.2 Å². The van der Waals surface area contributed by atoms with E-state index in [0.29, 0.717) is 11.8 Å². The average molecular weight is 282 g/mol. The van der Waals surface area contributed by atoms with Crippen LogP contribution in [-0.2, 0) is 6.61 Å². The lowest BCUT2D eigenvalue weighted by Gasteiger charge is -2.02. The number of aromatic nitrogens is 4.